The standard InChI is InChI=1S/C28H23N7O2/c1-3-22(36)34-19-7-5-17(6-8-19)25-23-21-10-9-20(37-28-30-12-4-13-31-28)15-18(21)11-14-29-26-24(23)27(35(25)2)33-16-32-26/h3-10,12-13,15-16H,1,11,14H2,2H3,(H,34,36)(H,29,32,33). The Morgan fingerprint density at radius 2 is 1.92 bits per heavy atom. The van der Waals surface area contributed by atoms with Crippen molar-refractivity contribution in [2.75, 3.05) is 17.2 Å². The molecule has 9 nitrogen and oxygen atoms in total. The van der Waals surface area contributed by atoms with Crippen LogP contribution in [-0.2, 0) is 18.3 Å². The van der Waals surface area contributed by atoms with E-state index in [4.69, 9.17) is 4.74 Å². The molecule has 3 aromatic heterocycles. The number of aryl methyl sites for hydroxylation is 1. The molecule has 37 heavy (non-hydrogen) atoms. The van der Waals surface area contributed by atoms with Gasteiger partial charge in [0.2, 0.25) is 5.91 Å². The first-order chi connectivity index (χ1) is 18.1. The Morgan fingerprint density at radius 3 is 2.70 bits per heavy atom. The number of hydrogen-bond donors (Lipinski definition) is 2. The molecule has 9 heteroatoms. The zero-order chi connectivity index (χ0) is 25.4. The van der Waals surface area contributed by atoms with E-state index in [0.717, 1.165) is 51.2 Å². The summed E-state index contributed by atoms with van der Waals surface area (Å²) in [6.45, 7) is 4.23. The van der Waals surface area contributed by atoms with Gasteiger partial charge in [-0.3, -0.25) is 4.79 Å². The molecule has 5 aromatic rings. The topological polar surface area (TPSA) is 107 Å². The molecule has 0 fully saturated rings. The molecular weight excluding hydrogens is 466 g/mol. The van der Waals surface area contributed by atoms with Crippen LogP contribution in [0.15, 0.2) is 79.9 Å². The van der Waals surface area contributed by atoms with Crippen LogP contribution in [0.2, 0.25) is 0 Å². The largest absolute Gasteiger partial charge is 0.424 e. The van der Waals surface area contributed by atoms with Crippen LogP contribution in [0.4, 0.5) is 11.5 Å². The molecule has 2 N–H and O–H groups in total. The summed E-state index contributed by atoms with van der Waals surface area (Å²) in [5, 5.41) is 7.24. The first-order valence-electron chi connectivity index (χ1n) is 11.8. The predicted octanol–water partition coefficient (Wildman–Crippen LogP) is 4.98. The van der Waals surface area contributed by atoms with Gasteiger partial charge in [-0.25, -0.2) is 19.9 Å². The van der Waals surface area contributed by atoms with Gasteiger partial charge in [-0.2, -0.15) is 0 Å². The smallest absolute Gasteiger partial charge is 0.321 e. The van der Waals surface area contributed by atoms with Crippen molar-refractivity contribution in [2.24, 2.45) is 7.05 Å². The van der Waals surface area contributed by atoms with Crippen molar-refractivity contribution in [3.05, 3.63) is 85.5 Å². The van der Waals surface area contributed by atoms with Crippen LogP contribution < -0.4 is 15.4 Å². The molecule has 4 heterocycles. The minimum Gasteiger partial charge on any atom is -0.424 e. The van der Waals surface area contributed by atoms with Crippen LogP contribution in [0.25, 0.3) is 33.4 Å². The van der Waals surface area contributed by atoms with Gasteiger partial charge in [-0.1, -0.05) is 24.8 Å². The van der Waals surface area contributed by atoms with Crippen LogP contribution in [-0.4, -0.2) is 37.0 Å². The fourth-order valence-electron chi connectivity index (χ4n) is 4.74. The van der Waals surface area contributed by atoms with E-state index in [2.05, 4.69) is 47.8 Å². The van der Waals surface area contributed by atoms with Gasteiger partial charge < -0.3 is 19.9 Å². The molecule has 1 aliphatic heterocycles. The molecule has 182 valence electrons. The molecule has 0 saturated heterocycles. The normalized spacial score (nSPS) is 12.1. The Morgan fingerprint density at radius 1 is 1.11 bits per heavy atom. The Hall–Kier alpha value is -5.05. The SMILES string of the molecule is C=CC(=O)Nc1ccc(-c2c3c4c(ncnc4n2C)NCCc2cc(Oc4ncccn4)ccc2-3)cc1. The highest BCUT2D eigenvalue weighted by Crippen LogP contribution is 2.45. The third-order valence-corrected chi connectivity index (χ3v) is 6.36. The zero-order valence-corrected chi connectivity index (χ0v) is 20.1. The van der Waals surface area contributed by atoms with Gasteiger partial charge in [0, 0.05) is 37.2 Å². The van der Waals surface area contributed by atoms with Gasteiger partial charge in [0.1, 0.15) is 23.5 Å². The van der Waals surface area contributed by atoms with Gasteiger partial charge in [0.25, 0.3) is 0 Å². The Balaban J connectivity index is 1.52. The van der Waals surface area contributed by atoms with Gasteiger partial charge in [-0.15, -0.1) is 0 Å². The van der Waals surface area contributed by atoms with Gasteiger partial charge >= 0.3 is 6.01 Å². The number of anilines is 2. The highest BCUT2D eigenvalue weighted by Gasteiger charge is 2.25. The Bertz CT molecular complexity index is 1640. The molecule has 0 saturated carbocycles. The number of rotatable bonds is 5. The quantitative estimate of drug-likeness (QED) is 0.336. The molecule has 0 atom stereocenters. The number of amides is 1. The highest BCUT2D eigenvalue weighted by atomic mass is 16.5. The predicted molar refractivity (Wildman–Crippen MR) is 143 cm³/mol. The van der Waals surface area contributed by atoms with E-state index < -0.39 is 0 Å². The Labute approximate surface area is 212 Å². The number of nitrogens with one attached hydrogen (secondary N) is 2. The van der Waals surface area contributed by atoms with Crippen LogP contribution in [0.1, 0.15) is 5.56 Å². The molecule has 0 bridgehead atoms. The molecule has 0 spiro atoms. The Kier molecular flexibility index (Phi) is 5.57. The van der Waals surface area contributed by atoms with Gasteiger partial charge in [0.15, 0.2) is 0 Å². The van der Waals surface area contributed by atoms with Gasteiger partial charge in [0.05, 0.1) is 11.1 Å². The summed E-state index contributed by atoms with van der Waals surface area (Å²) < 4.78 is 8.01. The second-order valence-electron chi connectivity index (χ2n) is 8.60. The summed E-state index contributed by atoms with van der Waals surface area (Å²) in [6.07, 6.45) is 6.91. The fraction of sp³-hybridized carbons (Fsp3) is 0.107. The van der Waals surface area contributed by atoms with Crippen molar-refractivity contribution in [1.29, 1.82) is 0 Å². The maximum absolute atomic E-state index is 11.7. The van der Waals surface area contributed by atoms with E-state index in [1.807, 2.05) is 43.4 Å². The second kappa shape index (κ2) is 9.19. The van der Waals surface area contributed by atoms with E-state index in [0.29, 0.717) is 24.0 Å². The summed E-state index contributed by atoms with van der Waals surface area (Å²) in [5.41, 5.74) is 6.77. The van der Waals surface area contributed by atoms with Crippen molar-refractivity contribution in [3.63, 3.8) is 0 Å². The second-order valence-corrected chi connectivity index (χ2v) is 8.60. The zero-order valence-electron chi connectivity index (χ0n) is 20.1. The van der Waals surface area contributed by atoms with E-state index in [1.165, 1.54) is 6.08 Å². The average molecular weight is 490 g/mol. The molecule has 0 aliphatic carbocycles. The lowest BCUT2D eigenvalue weighted by atomic mass is 9.92. The molecule has 6 rings (SSSR count). The number of nitrogens with zero attached hydrogens (tertiary/aromatic N) is 5. The molecule has 0 unspecified atom stereocenters. The lowest BCUT2D eigenvalue weighted by Gasteiger charge is -2.18. The maximum atomic E-state index is 11.7. The van der Waals surface area contributed by atoms with Crippen molar-refractivity contribution in [2.45, 2.75) is 6.42 Å². The summed E-state index contributed by atoms with van der Waals surface area (Å²) in [5.74, 6) is 1.23. The molecule has 2 aromatic carbocycles. The summed E-state index contributed by atoms with van der Waals surface area (Å²) in [7, 11) is 2.01. The maximum Gasteiger partial charge on any atom is 0.321 e. The van der Waals surface area contributed by atoms with Crippen LogP contribution in [0.3, 0.4) is 0 Å². The van der Waals surface area contributed by atoms with E-state index in [-0.39, 0.29) is 5.91 Å². The number of benzene rings is 2. The minimum absolute atomic E-state index is 0.251. The number of carbonyl (C=O) groups excluding carboxylic acids is 1. The third-order valence-electron chi connectivity index (χ3n) is 6.36. The monoisotopic (exact) mass is 489 g/mol. The van der Waals surface area contributed by atoms with E-state index in [9.17, 15) is 4.79 Å². The van der Waals surface area contributed by atoms with E-state index in [1.54, 1.807) is 24.8 Å². The third kappa shape index (κ3) is 4.06. The van der Waals surface area contributed by atoms with Crippen LogP contribution >= 0.6 is 0 Å². The fourth-order valence-corrected chi connectivity index (χ4v) is 4.74. The number of aromatic nitrogens is 5. The highest BCUT2D eigenvalue weighted by molar-refractivity contribution is 6.09. The summed E-state index contributed by atoms with van der Waals surface area (Å²) in [4.78, 5) is 29.2. The van der Waals surface area contributed by atoms with Gasteiger partial charge in [-0.05, 0) is 59.5 Å². The summed E-state index contributed by atoms with van der Waals surface area (Å²) in [6, 6.07) is 15.9. The molecule has 1 amide bonds. The average Bonchev–Trinajstić information content (AvgIpc) is 3.21. The van der Waals surface area contributed by atoms with Crippen LogP contribution in [0, 0.1) is 0 Å². The first-order valence-corrected chi connectivity index (χ1v) is 11.8. The molecule has 0 radical (unpaired) electrons. The molecular formula is C28H23N7O2. The van der Waals surface area contributed by atoms with Crippen molar-refractivity contribution in [1.82, 2.24) is 24.5 Å². The lowest BCUT2D eigenvalue weighted by molar-refractivity contribution is -0.111. The molecule has 1 aliphatic rings. The number of ether oxygens (including phenoxy) is 1. The number of fused-ring (bicyclic) bond motifs is 2. The van der Waals surface area contributed by atoms with Crippen molar-refractivity contribution in [3.8, 4) is 34.1 Å². The number of hydrogen-bond acceptors (Lipinski definition) is 7. The lowest BCUT2D eigenvalue weighted by Crippen LogP contribution is -2.10. The van der Waals surface area contributed by atoms with E-state index >= 15 is 0 Å². The first kappa shape index (κ1) is 22.4. The summed E-state index contributed by atoms with van der Waals surface area (Å²) >= 11 is 0. The van der Waals surface area contributed by atoms with Crippen molar-refractivity contribution < 1.29 is 9.53 Å². The van der Waals surface area contributed by atoms with Crippen LogP contribution in [0.5, 0.6) is 11.8 Å². The number of carbonyl (C=O) groups is 1. The van der Waals surface area contributed by atoms with Crippen molar-refractivity contribution >= 4 is 28.4 Å². The minimum atomic E-state index is -0.251.